The van der Waals surface area contributed by atoms with Crippen LogP contribution in [0.1, 0.15) is 17.4 Å². The van der Waals surface area contributed by atoms with Gasteiger partial charge >= 0.3 is 0 Å². The summed E-state index contributed by atoms with van der Waals surface area (Å²) in [6.07, 6.45) is 0. The van der Waals surface area contributed by atoms with Crippen LogP contribution in [0.25, 0.3) is 10.9 Å². The van der Waals surface area contributed by atoms with Crippen LogP contribution in [0.3, 0.4) is 0 Å². The van der Waals surface area contributed by atoms with Crippen molar-refractivity contribution < 1.29 is 13.6 Å². The monoisotopic (exact) mass is 224 g/mol. The fraction of sp³-hybridized carbons (Fsp3) is 0.182. The summed E-state index contributed by atoms with van der Waals surface area (Å²) in [6, 6.07) is 3.73. The predicted molar refractivity (Wildman–Crippen MR) is 56.2 cm³/mol. The highest BCUT2D eigenvalue weighted by molar-refractivity contribution is 5.98. The largest absolute Gasteiger partial charge is 0.351 e. The lowest BCUT2D eigenvalue weighted by Gasteiger charge is -1.96. The third-order valence-electron chi connectivity index (χ3n) is 2.27. The van der Waals surface area contributed by atoms with Crippen LogP contribution in [-0.4, -0.2) is 17.4 Å². The van der Waals surface area contributed by atoms with Crippen molar-refractivity contribution in [2.24, 2.45) is 0 Å². The number of benzene rings is 1. The maximum Gasteiger partial charge on any atom is 0.267 e. The molecule has 1 amide bonds. The maximum absolute atomic E-state index is 13.3. The Bertz CT molecular complexity index is 548. The highest BCUT2D eigenvalue weighted by Gasteiger charge is 2.13. The number of carbonyl (C=O) groups is 1. The first kappa shape index (κ1) is 10.6. The number of rotatable bonds is 2. The Hall–Kier alpha value is -1.91. The van der Waals surface area contributed by atoms with Gasteiger partial charge in [-0.15, -0.1) is 0 Å². The molecule has 84 valence electrons. The molecule has 0 saturated carbocycles. The lowest BCUT2D eigenvalue weighted by atomic mass is 10.2. The number of aromatic nitrogens is 1. The second-order valence-corrected chi connectivity index (χ2v) is 3.37. The minimum absolute atomic E-state index is 0.0845. The number of H-pyrrole nitrogens is 1. The molecule has 1 aromatic carbocycles. The average Bonchev–Trinajstić information content (AvgIpc) is 2.69. The molecule has 5 heteroatoms. The van der Waals surface area contributed by atoms with Crippen LogP contribution >= 0.6 is 0 Å². The number of amides is 1. The molecule has 0 saturated heterocycles. The van der Waals surface area contributed by atoms with E-state index in [4.69, 9.17) is 0 Å². The zero-order valence-corrected chi connectivity index (χ0v) is 8.60. The van der Waals surface area contributed by atoms with E-state index in [1.165, 1.54) is 12.1 Å². The lowest BCUT2D eigenvalue weighted by Crippen LogP contribution is -2.22. The Labute approximate surface area is 90.5 Å². The number of hydrogen-bond acceptors (Lipinski definition) is 1. The maximum atomic E-state index is 13.3. The van der Waals surface area contributed by atoms with Crippen molar-refractivity contribution in [2.45, 2.75) is 6.92 Å². The molecule has 0 unspecified atom stereocenters. The molecule has 0 bridgehead atoms. The third kappa shape index (κ3) is 1.64. The standard InChI is InChI=1S/C11H10F2N2O/c1-2-14-11(16)9-5-6-8(15-9)4-3-7(12)10(6)13/h3-5,15H,2H2,1H3,(H,14,16). The van der Waals surface area contributed by atoms with Crippen molar-refractivity contribution in [2.75, 3.05) is 6.54 Å². The van der Waals surface area contributed by atoms with E-state index in [-0.39, 0.29) is 17.0 Å². The minimum atomic E-state index is -0.940. The molecule has 2 N–H and O–H groups in total. The number of aromatic amines is 1. The van der Waals surface area contributed by atoms with Crippen molar-refractivity contribution in [1.82, 2.24) is 10.3 Å². The summed E-state index contributed by atoms with van der Waals surface area (Å²) in [7, 11) is 0. The molecule has 0 aliphatic heterocycles. The summed E-state index contributed by atoms with van der Waals surface area (Å²) in [5.74, 6) is -2.20. The molecule has 0 aliphatic rings. The first-order valence-electron chi connectivity index (χ1n) is 4.88. The predicted octanol–water partition coefficient (Wildman–Crippen LogP) is 2.20. The Balaban J connectivity index is 2.52. The van der Waals surface area contributed by atoms with Crippen LogP contribution in [-0.2, 0) is 0 Å². The Morgan fingerprint density at radius 1 is 1.44 bits per heavy atom. The molecule has 3 nitrogen and oxygen atoms in total. The number of halogens is 2. The molecule has 0 atom stereocenters. The number of nitrogens with one attached hydrogen (secondary N) is 2. The molecular formula is C11H10F2N2O. The molecule has 1 heterocycles. The van der Waals surface area contributed by atoms with E-state index >= 15 is 0 Å². The smallest absolute Gasteiger partial charge is 0.267 e. The third-order valence-corrected chi connectivity index (χ3v) is 2.27. The summed E-state index contributed by atoms with van der Waals surface area (Å²) in [6.45, 7) is 2.26. The van der Waals surface area contributed by atoms with Crippen molar-refractivity contribution in [1.29, 1.82) is 0 Å². The summed E-state index contributed by atoms with van der Waals surface area (Å²) in [5, 5.41) is 2.65. The van der Waals surface area contributed by atoms with Gasteiger partial charge in [0.25, 0.3) is 5.91 Å². The van der Waals surface area contributed by atoms with Crippen LogP contribution < -0.4 is 5.32 Å². The van der Waals surface area contributed by atoms with Crippen molar-refractivity contribution >= 4 is 16.8 Å². The van der Waals surface area contributed by atoms with Crippen LogP contribution in [0.2, 0.25) is 0 Å². The second kappa shape index (κ2) is 3.92. The summed E-state index contributed by atoms with van der Waals surface area (Å²) < 4.78 is 26.3. The van der Waals surface area contributed by atoms with E-state index in [1.54, 1.807) is 6.92 Å². The normalized spacial score (nSPS) is 10.7. The number of fused-ring (bicyclic) bond motifs is 1. The van der Waals surface area contributed by atoms with Gasteiger partial charge in [0.2, 0.25) is 0 Å². The van der Waals surface area contributed by atoms with Crippen LogP contribution in [0.5, 0.6) is 0 Å². The molecule has 16 heavy (non-hydrogen) atoms. The minimum Gasteiger partial charge on any atom is -0.351 e. The highest BCUT2D eigenvalue weighted by Crippen LogP contribution is 2.21. The van der Waals surface area contributed by atoms with Crippen LogP contribution in [0, 0.1) is 11.6 Å². The van der Waals surface area contributed by atoms with E-state index in [2.05, 4.69) is 10.3 Å². The van der Waals surface area contributed by atoms with Gasteiger partial charge < -0.3 is 10.3 Å². The van der Waals surface area contributed by atoms with Gasteiger partial charge in [0.15, 0.2) is 11.6 Å². The SMILES string of the molecule is CCNC(=O)c1cc2c(F)c(F)ccc2[nH]1. The summed E-state index contributed by atoms with van der Waals surface area (Å²) in [4.78, 5) is 14.2. The van der Waals surface area contributed by atoms with Gasteiger partial charge in [-0.3, -0.25) is 4.79 Å². The van der Waals surface area contributed by atoms with Gasteiger partial charge in [-0.1, -0.05) is 0 Å². The molecule has 2 rings (SSSR count). The van der Waals surface area contributed by atoms with E-state index < -0.39 is 11.6 Å². The van der Waals surface area contributed by atoms with Crippen molar-refractivity contribution in [3.8, 4) is 0 Å². The molecule has 0 fully saturated rings. The second-order valence-electron chi connectivity index (χ2n) is 3.37. The van der Waals surface area contributed by atoms with Gasteiger partial charge in [0, 0.05) is 17.4 Å². The Morgan fingerprint density at radius 2 is 2.19 bits per heavy atom. The number of hydrogen-bond donors (Lipinski definition) is 2. The highest BCUT2D eigenvalue weighted by atomic mass is 19.2. The lowest BCUT2D eigenvalue weighted by molar-refractivity contribution is 0.0951. The van der Waals surface area contributed by atoms with Crippen molar-refractivity contribution in [3.05, 3.63) is 35.5 Å². The van der Waals surface area contributed by atoms with Gasteiger partial charge in [-0.05, 0) is 25.1 Å². The van der Waals surface area contributed by atoms with Gasteiger partial charge in [-0.2, -0.15) is 0 Å². The molecule has 0 aliphatic carbocycles. The fourth-order valence-corrected chi connectivity index (χ4v) is 1.52. The topological polar surface area (TPSA) is 44.9 Å². The quantitative estimate of drug-likeness (QED) is 0.807. The van der Waals surface area contributed by atoms with E-state index in [9.17, 15) is 13.6 Å². The van der Waals surface area contributed by atoms with Crippen molar-refractivity contribution in [3.63, 3.8) is 0 Å². The Morgan fingerprint density at radius 3 is 2.88 bits per heavy atom. The summed E-state index contributed by atoms with van der Waals surface area (Å²) in [5.41, 5.74) is 0.626. The molecule has 0 spiro atoms. The van der Waals surface area contributed by atoms with E-state index in [0.717, 1.165) is 6.07 Å². The zero-order chi connectivity index (χ0) is 11.7. The van der Waals surface area contributed by atoms with E-state index in [1.807, 2.05) is 0 Å². The summed E-state index contributed by atoms with van der Waals surface area (Å²) >= 11 is 0. The number of carbonyl (C=O) groups excluding carboxylic acids is 1. The molecule has 1 aromatic heterocycles. The van der Waals surface area contributed by atoms with Crippen LogP contribution in [0.4, 0.5) is 8.78 Å². The van der Waals surface area contributed by atoms with E-state index in [0.29, 0.717) is 12.1 Å². The zero-order valence-electron chi connectivity index (χ0n) is 8.60. The first-order valence-corrected chi connectivity index (χ1v) is 4.88. The molecule has 0 radical (unpaired) electrons. The average molecular weight is 224 g/mol. The first-order chi connectivity index (χ1) is 7.63. The van der Waals surface area contributed by atoms with Crippen LogP contribution in [0.15, 0.2) is 18.2 Å². The van der Waals surface area contributed by atoms with Gasteiger partial charge in [-0.25, -0.2) is 8.78 Å². The molecular weight excluding hydrogens is 214 g/mol. The Kier molecular flexibility index (Phi) is 2.60. The fourth-order valence-electron chi connectivity index (χ4n) is 1.52. The molecule has 2 aromatic rings. The van der Waals surface area contributed by atoms with Gasteiger partial charge in [0.05, 0.1) is 0 Å². The van der Waals surface area contributed by atoms with Gasteiger partial charge in [0.1, 0.15) is 5.69 Å².